The molecular weight excluding hydrogens is 456 g/mol. The second-order valence-corrected chi connectivity index (χ2v) is 9.09. The summed E-state index contributed by atoms with van der Waals surface area (Å²) < 4.78 is 11.5. The molecule has 3 aromatic rings. The normalized spacial score (nSPS) is 16.1. The number of esters is 1. The van der Waals surface area contributed by atoms with Crippen LogP contribution in [0, 0.1) is 5.92 Å². The molecule has 1 amide bonds. The van der Waals surface area contributed by atoms with Crippen LogP contribution in [0.2, 0.25) is 0 Å². The second-order valence-electron chi connectivity index (χ2n) is 9.09. The van der Waals surface area contributed by atoms with E-state index in [-0.39, 0.29) is 18.3 Å². The average molecular weight is 491 g/mol. The molecule has 1 fully saturated rings. The molecule has 1 aliphatic rings. The number of rotatable bonds is 10. The predicted octanol–water partition coefficient (Wildman–Crippen LogP) is 4.93. The second kappa shape index (κ2) is 11.9. The highest BCUT2D eigenvalue weighted by atomic mass is 16.5. The highest BCUT2D eigenvalue weighted by Gasteiger charge is 2.27. The number of aryl methyl sites for hydroxylation is 1. The molecular formula is C29H34N2O5. The Balaban J connectivity index is 1.51. The fourth-order valence-corrected chi connectivity index (χ4v) is 4.86. The van der Waals surface area contributed by atoms with Crippen LogP contribution in [0.15, 0.2) is 59.0 Å². The summed E-state index contributed by atoms with van der Waals surface area (Å²) in [5, 5.41) is 14.0. The van der Waals surface area contributed by atoms with Crippen molar-refractivity contribution in [1.82, 2.24) is 10.2 Å². The quantitative estimate of drug-likeness (QED) is 0.309. The summed E-state index contributed by atoms with van der Waals surface area (Å²) in [5.41, 5.74) is 2.43. The molecule has 0 bridgehead atoms. The van der Waals surface area contributed by atoms with Crippen molar-refractivity contribution in [2.75, 3.05) is 33.3 Å². The lowest BCUT2D eigenvalue weighted by molar-refractivity contribution is -0.119. The summed E-state index contributed by atoms with van der Waals surface area (Å²) in [7, 11) is 1.65. The molecule has 190 valence electrons. The molecule has 2 aromatic carbocycles. The monoisotopic (exact) mass is 490 g/mol. The van der Waals surface area contributed by atoms with Crippen LogP contribution in [0.25, 0.3) is 22.3 Å². The van der Waals surface area contributed by atoms with Gasteiger partial charge in [-0.2, -0.15) is 0 Å². The molecule has 0 aliphatic carbocycles. The summed E-state index contributed by atoms with van der Waals surface area (Å²) in [4.78, 5) is 26.8. The summed E-state index contributed by atoms with van der Waals surface area (Å²) in [5.74, 6) is 0.635. The Labute approximate surface area is 211 Å². The highest BCUT2D eigenvalue weighted by Crippen LogP contribution is 2.39. The third kappa shape index (κ3) is 5.79. The molecule has 0 spiro atoms. The molecule has 1 aromatic heterocycles. The van der Waals surface area contributed by atoms with Gasteiger partial charge in [0.15, 0.2) is 0 Å². The van der Waals surface area contributed by atoms with Crippen LogP contribution in [0.3, 0.4) is 0 Å². The zero-order valence-corrected chi connectivity index (χ0v) is 21.0. The maximum absolute atomic E-state index is 13.0. The zero-order chi connectivity index (χ0) is 25.5. The van der Waals surface area contributed by atoms with Gasteiger partial charge in [0.1, 0.15) is 22.7 Å². The summed E-state index contributed by atoms with van der Waals surface area (Å²) in [6.07, 6.45) is 7.01. The van der Waals surface area contributed by atoms with Gasteiger partial charge in [-0.25, -0.2) is 4.79 Å². The van der Waals surface area contributed by atoms with Crippen LogP contribution in [0.1, 0.15) is 42.1 Å². The molecule has 0 saturated carbocycles. The first-order valence-electron chi connectivity index (χ1n) is 12.6. The number of furan rings is 1. The Morgan fingerprint density at radius 1 is 1.22 bits per heavy atom. The van der Waals surface area contributed by atoms with Crippen molar-refractivity contribution in [2.45, 2.75) is 32.6 Å². The van der Waals surface area contributed by atoms with Crippen molar-refractivity contribution >= 4 is 22.8 Å². The van der Waals surface area contributed by atoms with Crippen LogP contribution in [-0.4, -0.2) is 55.2 Å². The van der Waals surface area contributed by atoms with Crippen LogP contribution >= 0.6 is 0 Å². The van der Waals surface area contributed by atoms with Gasteiger partial charge in [-0.15, -0.1) is 0 Å². The number of hydrogen-bond donors (Lipinski definition) is 2. The zero-order valence-electron chi connectivity index (χ0n) is 21.0. The summed E-state index contributed by atoms with van der Waals surface area (Å²) in [6, 6.07) is 12.8. The van der Waals surface area contributed by atoms with E-state index in [2.05, 4.69) is 16.3 Å². The van der Waals surface area contributed by atoms with Crippen LogP contribution in [-0.2, 0) is 16.0 Å². The molecule has 2 heterocycles. The van der Waals surface area contributed by atoms with E-state index in [0.717, 1.165) is 38.0 Å². The highest BCUT2D eigenvalue weighted by molar-refractivity contribution is 6.10. The molecule has 36 heavy (non-hydrogen) atoms. The van der Waals surface area contributed by atoms with Crippen LogP contribution < -0.4 is 5.32 Å². The minimum absolute atomic E-state index is 0.0203. The van der Waals surface area contributed by atoms with E-state index in [1.54, 1.807) is 26.1 Å². The Morgan fingerprint density at radius 2 is 2.03 bits per heavy atom. The van der Waals surface area contributed by atoms with Crippen LogP contribution in [0.5, 0.6) is 5.75 Å². The van der Waals surface area contributed by atoms with E-state index in [1.165, 1.54) is 0 Å². The van der Waals surface area contributed by atoms with Gasteiger partial charge < -0.3 is 24.5 Å². The number of phenolic OH excluding ortho intramolecular Hbond substituents is 1. The van der Waals surface area contributed by atoms with Crippen molar-refractivity contribution in [2.24, 2.45) is 5.92 Å². The standard InChI is InChI=1S/C29H34N2O5/c1-3-35-29(34)27-26-22(12-8-17-31-18-16-20(19-31)9-7-13-25(33)30-2)23(32)14-15-24(26)36-28(27)21-10-5-4-6-11-21/h4-7,9-11,14-15,20,32H,3,8,12-13,16-19H2,1-2H3,(H,30,33)/b9-7+. The van der Waals surface area contributed by atoms with Gasteiger partial charge in [0, 0.05) is 36.5 Å². The number of likely N-dealkylation sites (tertiary alicyclic amines) is 1. The number of ether oxygens (including phenoxy) is 1. The minimum atomic E-state index is -0.451. The first-order valence-corrected chi connectivity index (χ1v) is 12.6. The minimum Gasteiger partial charge on any atom is -0.508 e. The predicted molar refractivity (Wildman–Crippen MR) is 140 cm³/mol. The number of nitrogens with zero attached hydrogens (tertiary/aromatic N) is 1. The molecule has 2 N–H and O–H groups in total. The number of aromatic hydroxyl groups is 1. The number of amides is 1. The van der Waals surface area contributed by atoms with E-state index < -0.39 is 5.97 Å². The molecule has 1 aliphatic heterocycles. The molecule has 1 saturated heterocycles. The van der Waals surface area contributed by atoms with E-state index in [4.69, 9.17) is 9.15 Å². The van der Waals surface area contributed by atoms with Gasteiger partial charge in [-0.1, -0.05) is 42.5 Å². The lowest BCUT2D eigenvalue weighted by atomic mass is 9.98. The van der Waals surface area contributed by atoms with Crippen molar-refractivity contribution in [3.63, 3.8) is 0 Å². The van der Waals surface area contributed by atoms with Gasteiger partial charge in [0.25, 0.3) is 0 Å². The maximum Gasteiger partial charge on any atom is 0.342 e. The van der Waals surface area contributed by atoms with E-state index in [1.807, 2.05) is 36.4 Å². The Hall–Kier alpha value is -3.58. The lowest BCUT2D eigenvalue weighted by Crippen LogP contribution is -2.22. The molecule has 1 atom stereocenters. The topological polar surface area (TPSA) is 92.0 Å². The van der Waals surface area contributed by atoms with E-state index >= 15 is 0 Å². The maximum atomic E-state index is 13.0. The van der Waals surface area contributed by atoms with Crippen molar-refractivity contribution < 1.29 is 23.8 Å². The number of hydrogen-bond acceptors (Lipinski definition) is 6. The van der Waals surface area contributed by atoms with Gasteiger partial charge in [0.2, 0.25) is 5.91 Å². The lowest BCUT2D eigenvalue weighted by Gasteiger charge is -2.15. The fourth-order valence-electron chi connectivity index (χ4n) is 4.86. The first kappa shape index (κ1) is 25.5. The number of phenols is 1. The number of fused-ring (bicyclic) bond motifs is 1. The Morgan fingerprint density at radius 3 is 2.78 bits per heavy atom. The SMILES string of the molecule is CCOC(=O)c1c(-c2ccccc2)oc2ccc(O)c(CCCN3CCC(/C=C/CC(=O)NC)C3)c12. The number of carbonyl (C=O) groups is 2. The van der Waals surface area contributed by atoms with Gasteiger partial charge in [0.05, 0.1) is 6.61 Å². The Bertz CT molecular complexity index is 1230. The third-order valence-corrected chi connectivity index (χ3v) is 6.65. The Kier molecular flexibility index (Phi) is 8.44. The molecule has 7 nitrogen and oxygen atoms in total. The summed E-state index contributed by atoms with van der Waals surface area (Å²) >= 11 is 0. The third-order valence-electron chi connectivity index (χ3n) is 6.65. The molecule has 7 heteroatoms. The van der Waals surface area contributed by atoms with Gasteiger partial charge >= 0.3 is 5.97 Å². The van der Waals surface area contributed by atoms with E-state index in [0.29, 0.717) is 46.6 Å². The van der Waals surface area contributed by atoms with Crippen molar-refractivity contribution in [3.05, 3.63) is 65.7 Å². The molecule has 1 unspecified atom stereocenters. The van der Waals surface area contributed by atoms with Crippen LogP contribution in [0.4, 0.5) is 0 Å². The number of carbonyl (C=O) groups excluding carboxylic acids is 2. The van der Waals surface area contributed by atoms with Crippen molar-refractivity contribution in [3.8, 4) is 17.1 Å². The smallest absolute Gasteiger partial charge is 0.342 e. The largest absolute Gasteiger partial charge is 0.508 e. The van der Waals surface area contributed by atoms with E-state index in [9.17, 15) is 14.7 Å². The van der Waals surface area contributed by atoms with Crippen molar-refractivity contribution in [1.29, 1.82) is 0 Å². The molecule has 0 radical (unpaired) electrons. The van der Waals surface area contributed by atoms with Gasteiger partial charge in [-0.05, 0) is 57.3 Å². The number of benzene rings is 2. The van der Waals surface area contributed by atoms with Gasteiger partial charge in [-0.3, -0.25) is 4.79 Å². The molecule has 4 rings (SSSR count). The average Bonchev–Trinajstić information content (AvgIpc) is 3.50. The summed E-state index contributed by atoms with van der Waals surface area (Å²) in [6.45, 7) is 4.87. The first-order chi connectivity index (χ1) is 17.5. The number of nitrogens with one attached hydrogen (secondary N) is 1. The fraction of sp³-hybridized carbons (Fsp3) is 0.379.